The molecule has 2 rings (SSSR count). The fourth-order valence-corrected chi connectivity index (χ4v) is 3.67. The van der Waals surface area contributed by atoms with Gasteiger partial charge in [0.05, 0.1) is 0 Å². The Morgan fingerprint density at radius 1 is 1.10 bits per heavy atom. The SMILES string of the molecule is CCCCC(=O)NC(Cc1ccc(OC(CCC)N2CCCCC2)cc1)C(=O)O. The van der Waals surface area contributed by atoms with Gasteiger partial charge in [-0.3, -0.25) is 9.69 Å². The Balaban J connectivity index is 1.94. The number of hydrogen-bond donors (Lipinski definition) is 2. The molecule has 1 fully saturated rings. The first kappa shape index (κ1) is 23.2. The van der Waals surface area contributed by atoms with Crippen molar-refractivity contribution in [3.8, 4) is 5.75 Å². The molecule has 1 heterocycles. The van der Waals surface area contributed by atoms with Crippen molar-refractivity contribution in [1.29, 1.82) is 0 Å². The van der Waals surface area contributed by atoms with E-state index in [1.807, 2.05) is 31.2 Å². The van der Waals surface area contributed by atoms with E-state index in [9.17, 15) is 14.7 Å². The van der Waals surface area contributed by atoms with Gasteiger partial charge in [-0.1, -0.05) is 45.2 Å². The first-order chi connectivity index (χ1) is 14.0. The van der Waals surface area contributed by atoms with Crippen molar-refractivity contribution in [3.05, 3.63) is 29.8 Å². The van der Waals surface area contributed by atoms with Crippen LogP contribution in [-0.4, -0.2) is 47.2 Å². The van der Waals surface area contributed by atoms with Gasteiger partial charge in [0.2, 0.25) is 5.91 Å². The Hall–Kier alpha value is -2.08. The van der Waals surface area contributed by atoms with E-state index < -0.39 is 12.0 Å². The summed E-state index contributed by atoms with van der Waals surface area (Å²) < 4.78 is 6.25. The minimum atomic E-state index is -1.01. The highest BCUT2D eigenvalue weighted by Gasteiger charge is 2.22. The number of nitrogens with one attached hydrogen (secondary N) is 1. The van der Waals surface area contributed by atoms with Crippen LogP contribution in [0.5, 0.6) is 5.75 Å². The molecular formula is C23H36N2O4. The number of aliphatic carboxylic acids is 1. The molecule has 0 aromatic heterocycles. The second-order valence-corrected chi connectivity index (χ2v) is 7.87. The number of nitrogens with zero attached hydrogens (tertiary/aromatic N) is 1. The van der Waals surface area contributed by atoms with E-state index >= 15 is 0 Å². The van der Waals surface area contributed by atoms with Crippen LogP contribution >= 0.6 is 0 Å². The van der Waals surface area contributed by atoms with E-state index in [-0.39, 0.29) is 18.6 Å². The van der Waals surface area contributed by atoms with E-state index in [2.05, 4.69) is 17.1 Å². The Kier molecular flexibility index (Phi) is 9.98. The molecule has 0 bridgehead atoms. The number of carboxylic acid groups (broad SMARTS) is 1. The smallest absolute Gasteiger partial charge is 0.326 e. The zero-order chi connectivity index (χ0) is 21.1. The number of carboxylic acids is 1. The molecule has 1 amide bonds. The molecule has 0 saturated carbocycles. The summed E-state index contributed by atoms with van der Waals surface area (Å²) in [5, 5.41) is 12.1. The molecule has 1 aromatic carbocycles. The van der Waals surface area contributed by atoms with Gasteiger partial charge in [0.15, 0.2) is 6.23 Å². The fraction of sp³-hybridized carbons (Fsp3) is 0.652. The van der Waals surface area contributed by atoms with Crippen LogP contribution in [0, 0.1) is 0 Å². The van der Waals surface area contributed by atoms with E-state index in [0.717, 1.165) is 50.1 Å². The van der Waals surface area contributed by atoms with Crippen molar-refractivity contribution in [3.63, 3.8) is 0 Å². The van der Waals surface area contributed by atoms with Crippen LogP contribution in [0.4, 0.5) is 0 Å². The third-order valence-electron chi connectivity index (χ3n) is 5.36. The van der Waals surface area contributed by atoms with Gasteiger partial charge in [-0.05, 0) is 43.4 Å². The molecule has 6 heteroatoms. The molecule has 1 saturated heterocycles. The zero-order valence-corrected chi connectivity index (χ0v) is 17.9. The predicted octanol–water partition coefficient (Wildman–Crippen LogP) is 3.98. The second-order valence-electron chi connectivity index (χ2n) is 7.87. The number of likely N-dealkylation sites (tertiary alicyclic amines) is 1. The molecule has 2 atom stereocenters. The molecule has 1 aliphatic rings. The minimum absolute atomic E-state index is 0.0933. The molecule has 1 aliphatic heterocycles. The summed E-state index contributed by atoms with van der Waals surface area (Å²) in [4.78, 5) is 25.8. The van der Waals surface area contributed by atoms with Crippen LogP contribution in [0.1, 0.15) is 70.8 Å². The highest BCUT2D eigenvalue weighted by Crippen LogP contribution is 2.21. The maximum Gasteiger partial charge on any atom is 0.326 e. The number of hydrogen-bond acceptors (Lipinski definition) is 4. The molecule has 2 unspecified atom stereocenters. The van der Waals surface area contributed by atoms with E-state index in [0.29, 0.717) is 6.42 Å². The molecule has 0 aliphatic carbocycles. The largest absolute Gasteiger partial charge is 0.480 e. The van der Waals surface area contributed by atoms with Crippen molar-refractivity contribution >= 4 is 11.9 Å². The molecule has 2 N–H and O–H groups in total. The first-order valence-corrected chi connectivity index (χ1v) is 11.0. The molecule has 1 aromatic rings. The standard InChI is InChI=1S/C23H36N2O4/c1-3-5-10-21(26)24-20(23(27)28)17-18-11-13-19(14-12-18)29-22(9-4-2)25-15-7-6-8-16-25/h11-14,20,22H,3-10,15-17H2,1-2H3,(H,24,26)(H,27,28). The molecular weight excluding hydrogens is 368 g/mol. The third-order valence-corrected chi connectivity index (χ3v) is 5.36. The number of carbonyl (C=O) groups excluding carboxylic acids is 1. The van der Waals surface area contributed by atoms with Crippen LogP contribution in [0.2, 0.25) is 0 Å². The van der Waals surface area contributed by atoms with Crippen molar-refractivity contribution in [2.75, 3.05) is 13.1 Å². The second kappa shape index (κ2) is 12.5. The summed E-state index contributed by atoms with van der Waals surface area (Å²) in [5.74, 6) is -0.414. The Morgan fingerprint density at radius 2 is 1.79 bits per heavy atom. The van der Waals surface area contributed by atoms with Crippen molar-refractivity contribution in [2.24, 2.45) is 0 Å². The molecule has 6 nitrogen and oxygen atoms in total. The monoisotopic (exact) mass is 404 g/mol. The number of carbonyl (C=O) groups is 2. The van der Waals surface area contributed by atoms with Crippen LogP contribution in [0.15, 0.2) is 24.3 Å². The van der Waals surface area contributed by atoms with Crippen LogP contribution < -0.4 is 10.1 Å². The van der Waals surface area contributed by atoms with Gasteiger partial charge < -0.3 is 15.2 Å². The van der Waals surface area contributed by atoms with Gasteiger partial charge in [0.1, 0.15) is 11.8 Å². The summed E-state index contributed by atoms with van der Waals surface area (Å²) in [5.41, 5.74) is 0.866. The van der Waals surface area contributed by atoms with Crippen LogP contribution in [0.3, 0.4) is 0 Å². The number of benzene rings is 1. The number of rotatable bonds is 12. The highest BCUT2D eigenvalue weighted by atomic mass is 16.5. The molecule has 162 valence electrons. The molecule has 29 heavy (non-hydrogen) atoms. The zero-order valence-electron chi connectivity index (χ0n) is 17.9. The summed E-state index contributed by atoms with van der Waals surface area (Å²) in [6.45, 7) is 6.34. The average molecular weight is 405 g/mol. The van der Waals surface area contributed by atoms with Gasteiger partial charge in [-0.25, -0.2) is 4.79 Å². The summed E-state index contributed by atoms with van der Waals surface area (Å²) in [6, 6.07) is 6.68. The maximum absolute atomic E-state index is 11.9. The van der Waals surface area contributed by atoms with E-state index in [1.165, 1.54) is 19.3 Å². The van der Waals surface area contributed by atoms with Gasteiger partial charge in [-0.2, -0.15) is 0 Å². The number of ether oxygens (including phenoxy) is 1. The highest BCUT2D eigenvalue weighted by molar-refractivity contribution is 5.83. The number of piperidine rings is 1. The Bertz CT molecular complexity index is 626. The lowest BCUT2D eigenvalue weighted by molar-refractivity contribution is -0.141. The van der Waals surface area contributed by atoms with Crippen molar-refractivity contribution in [1.82, 2.24) is 10.2 Å². The first-order valence-electron chi connectivity index (χ1n) is 11.0. The summed E-state index contributed by atoms with van der Waals surface area (Å²) in [7, 11) is 0. The van der Waals surface area contributed by atoms with Crippen LogP contribution in [-0.2, 0) is 16.0 Å². The Labute approximate surface area is 174 Å². The lowest BCUT2D eigenvalue weighted by Gasteiger charge is -2.34. The summed E-state index contributed by atoms with van der Waals surface area (Å²) in [6.07, 6.45) is 8.19. The quantitative estimate of drug-likeness (QED) is 0.551. The fourth-order valence-electron chi connectivity index (χ4n) is 3.67. The minimum Gasteiger partial charge on any atom is -0.480 e. The topological polar surface area (TPSA) is 78.9 Å². The Morgan fingerprint density at radius 3 is 2.38 bits per heavy atom. The van der Waals surface area contributed by atoms with E-state index in [4.69, 9.17) is 4.74 Å². The maximum atomic E-state index is 11.9. The number of unbranched alkanes of at least 4 members (excludes halogenated alkanes) is 1. The average Bonchev–Trinajstić information content (AvgIpc) is 2.73. The lowest BCUT2D eigenvalue weighted by atomic mass is 10.1. The van der Waals surface area contributed by atoms with Crippen LogP contribution in [0.25, 0.3) is 0 Å². The van der Waals surface area contributed by atoms with Gasteiger partial charge in [0.25, 0.3) is 0 Å². The van der Waals surface area contributed by atoms with Gasteiger partial charge in [0, 0.05) is 25.9 Å². The van der Waals surface area contributed by atoms with Gasteiger partial charge >= 0.3 is 5.97 Å². The van der Waals surface area contributed by atoms with E-state index in [1.54, 1.807) is 0 Å². The number of amides is 1. The third kappa shape index (κ3) is 8.05. The molecule has 0 spiro atoms. The van der Waals surface area contributed by atoms with Gasteiger partial charge in [-0.15, -0.1) is 0 Å². The predicted molar refractivity (Wildman–Crippen MR) is 114 cm³/mol. The van der Waals surface area contributed by atoms with Crippen molar-refractivity contribution < 1.29 is 19.4 Å². The lowest BCUT2D eigenvalue weighted by Crippen LogP contribution is -2.42. The molecule has 0 radical (unpaired) electrons. The normalized spacial score (nSPS) is 16.8. The van der Waals surface area contributed by atoms with Crippen molar-refractivity contribution in [2.45, 2.75) is 83.9 Å². The summed E-state index contributed by atoms with van der Waals surface area (Å²) >= 11 is 0.